The zero-order valence-electron chi connectivity index (χ0n) is 12.7. The van der Waals surface area contributed by atoms with E-state index in [4.69, 9.17) is 10.8 Å². The minimum Gasteiger partial charge on any atom is -0.481 e. The lowest BCUT2D eigenvalue weighted by atomic mass is 9.88. The number of carboxylic acid groups (broad SMARTS) is 1. The molecule has 0 spiro atoms. The maximum absolute atomic E-state index is 12.1. The third-order valence-corrected chi connectivity index (χ3v) is 4.42. The summed E-state index contributed by atoms with van der Waals surface area (Å²) in [5.41, 5.74) is 5.42. The lowest BCUT2D eigenvalue weighted by Crippen LogP contribution is -2.52. The van der Waals surface area contributed by atoms with Crippen LogP contribution in [0.1, 0.15) is 58.8 Å². The van der Waals surface area contributed by atoms with Crippen LogP contribution < -0.4 is 11.1 Å². The number of carbonyl (C=O) groups is 2. The summed E-state index contributed by atoms with van der Waals surface area (Å²) in [5.74, 6) is -0.0597. The molecular formula is C15H28N2O3. The molecule has 0 saturated heterocycles. The van der Waals surface area contributed by atoms with Gasteiger partial charge in [-0.1, -0.05) is 26.7 Å². The Morgan fingerprint density at radius 2 is 1.85 bits per heavy atom. The fourth-order valence-corrected chi connectivity index (χ4v) is 2.90. The van der Waals surface area contributed by atoms with Gasteiger partial charge < -0.3 is 16.2 Å². The highest BCUT2D eigenvalue weighted by molar-refractivity contribution is 5.86. The second-order valence-corrected chi connectivity index (χ2v) is 6.34. The van der Waals surface area contributed by atoms with Crippen LogP contribution in [0.4, 0.5) is 0 Å². The Morgan fingerprint density at radius 3 is 2.35 bits per heavy atom. The Labute approximate surface area is 121 Å². The third kappa shape index (κ3) is 5.12. The van der Waals surface area contributed by atoms with Gasteiger partial charge in [-0.2, -0.15) is 0 Å². The van der Waals surface area contributed by atoms with Crippen LogP contribution in [-0.4, -0.2) is 29.1 Å². The number of hydrogen-bond donors (Lipinski definition) is 3. The molecule has 4 N–H and O–H groups in total. The van der Waals surface area contributed by atoms with Crippen LogP contribution in [0.3, 0.4) is 0 Å². The van der Waals surface area contributed by atoms with Crippen molar-refractivity contribution in [2.75, 3.05) is 6.54 Å². The Balaban J connectivity index is 2.32. The van der Waals surface area contributed by atoms with Crippen molar-refractivity contribution in [2.45, 2.75) is 64.3 Å². The number of carbonyl (C=O) groups excluding carboxylic acids is 1. The second kappa shape index (κ2) is 7.62. The second-order valence-electron chi connectivity index (χ2n) is 6.34. The molecule has 0 aromatic rings. The van der Waals surface area contributed by atoms with Gasteiger partial charge in [0.05, 0.1) is 5.54 Å². The average molecular weight is 284 g/mol. The summed E-state index contributed by atoms with van der Waals surface area (Å²) in [5, 5.41) is 11.7. The molecule has 20 heavy (non-hydrogen) atoms. The van der Waals surface area contributed by atoms with Crippen LogP contribution >= 0.6 is 0 Å². The first-order chi connectivity index (χ1) is 9.35. The fourth-order valence-electron chi connectivity index (χ4n) is 2.90. The zero-order valence-corrected chi connectivity index (χ0v) is 12.7. The minimum atomic E-state index is -0.758. The van der Waals surface area contributed by atoms with Gasteiger partial charge in [-0.25, -0.2) is 0 Å². The molecule has 1 unspecified atom stereocenters. The van der Waals surface area contributed by atoms with Crippen LogP contribution in [0.15, 0.2) is 0 Å². The lowest BCUT2D eigenvalue weighted by molar-refractivity contribution is -0.137. The summed E-state index contributed by atoms with van der Waals surface area (Å²) in [7, 11) is 0. The van der Waals surface area contributed by atoms with Gasteiger partial charge in [-0.15, -0.1) is 0 Å². The molecule has 0 aromatic heterocycles. The largest absolute Gasteiger partial charge is 0.481 e. The van der Waals surface area contributed by atoms with Gasteiger partial charge >= 0.3 is 5.97 Å². The quantitative estimate of drug-likeness (QED) is 0.634. The number of hydrogen-bond acceptors (Lipinski definition) is 3. The number of amides is 1. The van der Waals surface area contributed by atoms with Gasteiger partial charge in [0.15, 0.2) is 0 Å². The van der Waals surface area contributed by atoms with Gasteiger partial charge in [0.25, 0.3) is 0 Å². The highest BCUT2D eigenvalue weighted by Gasteiger charge is 2.36. The molecule has 5 heteroatoms. The molecule has 5 nitrogen and oxygen atoms in total. The van der Waals surface area contributed by atoms with Crippen LogP contribution in [0.5, 0.6) is 0 Å². The topological polar surface area (TPSA) is 92.4 Å². The molecule has 0 aromatic carbocycles. The third-order valence-electron chi connectivity index (χ3n) is 4.42. The summed E-state index contributed by atoms with van der Waals surface area (Å²) in [6.45, 7) is 4.77. The molecule has 1 aliphatic carbocycles. The molecule has 1 rings (SSSR count). The van der Waals surface area contributed by atoms with E-state index in [-0.39, 0.29) is 12.3 Å². The van der Waals surface area contributed by atoms with Crippen molar-refractivity contribution < 1.29 is 14.7 Å². The molecule has 0 bridgehead atoms. The van der Waals surface area contributed by atoms with Gasteiger partial charge in [-0.3, -0.25) is 9.59 Å². The normalized spacial score (nSPS) is 19.0. The average Bonchev–Trinajstić information content (AvgIpc) is 2.80. The first-order valence-corrected chi connectivity index (χ1v) is 7.64. The van der Waals surface area contributed by atoms with Crippen LogP contribution in [-0.2, 0) is 9.59 Å². The Hall–Kier alpha value is -1.10. The van der Waals surface area contributed by atoms with E-state index in [9.17, 15) is 9.59 Å². The van der Waals surface area contributed by atoms with Crippen molar-refractivity contribution >= 4 is 11.9 Å². The summed E-state index contributed by atoms with van der Waals surface area (Å²) in [6, 6.07) is 0. The number of nitrogens with two attached hydrogens (primary N) is 1. The molecule has 116 valence electrons. The van der Waals surface area contributed by atoms with E-state index in [0.717, 1.165) is 32.1 Å². The van der Waals surface area contributed by atoms with Gasteiger partial charge in [-0.05, 0) is 37.5 Å². The Morgan fingerprint density at radius 1 is 1.25 bits per heavy atom. The highest BCUT2D eigenvalue weighted by Crippen LogP contribution is 2.27. The maximum atomic E-state index is 12.1. The molecule has 1 saturated carbocycles. The highest BCUT2D eigenvalue weighted by atomic mass is 16.4. The van der Waals surface area contributed by atoms with Crippen molar-refractivity contribution in [2.24, 2.45) is 17.6 Å². The molecule has 0 aliphatic heterocycles. The van der Waals surface area contributed by atoms with E-state index in [1.165, 1.54) is 0 Å². The van der Waals surface area contributed by atoms with Crippen LogP contribution in [0.25, 0.3) is 0 Å². The predicted octanol–water partition coefficient (Wildman–Crippen LogP) is 1.90. The van der Waals surface area contributed by atoms with Crippen LogP contribution in [0, 0.1) is 11.8 Å². The van der Waals surface area contributed by atoms with E-state index in [0.29, 0.717) is 24.8 Å². The fraction of sp³-hybridized carbons (Fsp3) is 0.867. The monoisotopic (exact) mass is 284 g/mol. The number of rotatable bonds is 8. The van der Waals surface area contributed by atoms with Gasteiger partial charge in [0.1, 0.15) is 0 Å². The molecule has 0 radical (unpaired) electrons. The van der Waals surface area contributed by atoms with Gasteiger partial charge in [0, 0.05) is 13.0 Å². The zero-order chi connectivity index (χ0) is 15.2. The SMILES string of the molecule is CC(C)C(CCNC(=O)C1(N)CCCC1)CCC(=O)O. The first-order valence-electron chi connectivity index (χ1n) is 7.64. The number of aliphatic carboxylic acids is 1. The van der Waals surface area contributed by atoms with E-state index >= 15 is 0 Å². The molecule has 1 aliphatic rings. The van der Waals surface area contributed by atoms with E-state index in [2.05, 4.69) is 19.2 Å². The van der Waals surface area contributed by atoms with E-state index in [1.54, 1.807) is 0 Å². The molecule has 1 amide bonds. The smallest absolute Gasteiger partial charge is 0.303 e. The molecule has 1 fully saturated rings. The summed E-state index contributed by atoms with van der Waals surface area (Å²) < 4.78 is 0. The number of carboxylic acids is 1. The van der Waals surface area contributed by atoms with Crippen molar-refractivity contribution in [1.82, 2.24) is 5.32 Å². The van der Waals surface area contributed by atoms with Crippen molar-refractivity contribution in [3.63, 3.8) is 0 Å². The number of nitrogens with one attached hydrogen (secondary N) is 1. The lowest BCUT2D eigenvalue weighted by Gasteiger charge is -2.24. The molecule has 0 heterocycles. The summed E-state index contributed by atoms with van der Waals surface area (Å²) >= 11 is 0. The predicted molar refractivity (Wildman–Crippen MR) is 78.2 cm³/mol. The summed E-state index contributed by atoms with van der Waals surface area (Å²) in [4.78, 5) is 22.7. The first kappa shape index (κ1) is 17.0. The van der Waals surface area contributed by atoms with E-state index in [1.807, 2.05) is 0 Å². The minimum absolute atomic E-state index is 0.0456. The Bertz CT molecular complexity index is 336. The van der Waals surface area contributed by atoms with Gasteiger partial charge in [0.2, 0.25) is 5.91 Å². The Kier molecular flexibility index (Phi) is 6.46. The van der Waals surface area contributed by atoms with Crippen molar-refractivity contribution in [1.29, 1.82) is 0 Å². The molecular weight excluding hydrogens is 256 g/mol. The van der Waals surface area contributed by atoms with Crippen LogP contribution in [0.2, 0.25) is 0 Å². The maximum Gasteiger partial charge on any atom is 0.303 e. The van der Waals surface area contributed by atoms with Crippen molar-refractivity contribution in [3.8, 4) is 0 Å². The van der Waals surface area contributed by atoms with E-state index < -0.39 is 11.5 Å². The molecule has 1 atom stereocenters. The standard InChI is InChI=1S/C15H28N2O3/c1-11(2)12(5-6-13(18)19)7-10-17-14(20)15(16)8-3-4-9-15/h11-12H,3-10,16H2,1-2H3,(H,17,20)(H,18,19). The van der Waals surface area contributed by atoms with Crippen molar-refractivity contribution in [3.05, 3.63) is 0 Å². The summed E-state index contributed by atoms with van der Waals surface area (Å²) in [6.07, 6.45) is 5.26.